The Morgan fingerprint density at radius 2 is 1.61 bits per heavy atom. The molecule has 1 fully saturated rings. The van der Waals surface area contributed by atoms with Crippen molar-refractivity contribution in [2.45, 2.75) is 65.0 Å². The van der Waals surface area contributed by atoms with E-state index in [0.717, 1.165) is 5.92 Å². The molecule has 0 amide bonds. The van der Waals surface area contributed by atoms with E-state index in [2.05, 4.69) is 87.5 Å². The minimum Gasteiger partial charge on any atom is -0.405 e. The molecule has 4 atom stereocenters. The lowest BCUT2D eigenvalue weighted by atomic mass is 9.75. The van der Waals surface area contributed by atoms with Crippen LogP contribution in [0.5, 0.6) is 0 Å². The van der Waals surface area contributed by atoms with E-state index in [1.54, 1.807) is 5.19 Å². The molecule has 0 N–H and O–H groups in total. The smallest absolute Gasteiger partial charge is 0.257 e. The van der Waals surface area contributed by atoms with Gasteiger partial charge in [-0.1, -0.05) is 93.9 Å². The van der Waals surface area contributed by atoms with Crippen LogP contribution in [0, 0.1) is 17.8 Å². The fraction of sp³-hybridized carbons (Fsp3) is 0.448. The van der Waals surface area contributed by atoms with Gasteiger partial charge in [0.25, 0.3) is 8.32 Å². The summed E-state index contributed by atoms with van der Waals surface area (Å²) in [6, 6.07) is 26.3. The van der Waals surface area contributed by atoms with Crippen molar-refractivity contribution in [1.29, 1.82) is 0 Å². The van der Waals surface area contributed by atoms with Crippen LogP contribution < -0.4 is 10.4 Å². The SMILES string of the molecule is CC1CCC(C(C)C)C(O[Si@@]2(c3cccc4ccccc34)CCCc3ccccc32)C1. The topological polar surface area (TPSA) is 9.23 Å². The van der Waals surface area contributed by atoms with E-state index in [-0.39, 0.29) is 0 Å². The van der Waals surface area contributed by atoms with Gasteiger partial charge in [-0.25, -0.2) is 0 Å². The molecule has 162 valence electrons. The summed E-state index contributed by atoms with van der Waals surface area (Å²) in [7, 11) is -2.35. The van der Waals surface area contributed by atoms with Gasteiger partial charge in [-0.2, -0.15) is 0 Å². The van der Waals surface area contributed by atoms with Gasteiger partial charge in [0.15, 0.2) is 0 Å². The fourth-order valence-corrected chi connectivity index (χ4v) is 11.1. The number of rotatable bonds is 4. The van der Waals surface area contributed by atoms with Crippen LogP contribution in [0.4, 0.5) is 0 Å². The average Bonchev–Trinajstić information content (AvgIpc) is 2.79. The first-order valence-electron chi connectivity index (χ1n) is 12.3. The Morgan fingerprint density at radius 3 is 2.48 bits per heavy atom. The van der Waals surface area contributed by atoms with E-state index in [9.17, 15) is 0 Å². The van der Waals surface area contributed by atoms with Gasteiger partial charge >= 0.3 is 0 Å². The third kappa shape index (κ3) is 3.79. The highest BCUT2D eigenvalue weighted by atomic mass is 28.4. The standard InChI is InChI=1S/C29H36OSi/c1-21(2)25-18-17-22(3)20-27(25)30-31(19-9-13-24-11-5-7-15-28(24)31)29-16-8-12-23-10-4-6-14-26(23)29/h4-8,10-12,14-16,21-22,25,27H,9,13,17-20H2,1-3H3/t22?,25?,27?,31-/m0/s1. The molecule has 2 heteroatoms. The molecule has 5 rings (SSSR count). The Bertz CT molecular complexity index is 1050. The van der Waals surface area contributed by atoms with Gasteiger partial charge in [0.1, 0.15) is 0 Å². The van der Waals surface area contributed by atoms with Crippen LogP contribution >= 0.6 is 0 Å². The van der Waals surface area contributed by atoms with Gasteiger partial charge in [-0.15, -0.1) is 0 Å². The van der Waals surface area contributed by atoms with Crippen molar-refractivity contribution in [3.63, 3.8) is 0 Å². The van der Waals surface area contributed by atoms with Crippen LogP contribution in [0.3, 0.4) is 0 Å². The highest BCUT2D eigenvalue weighted by Gasteiger charge is 2.47. The Hall–Kier alpha value is -1.90. The van der Waals surface area contributed by atoms with Gasteiger partial charge in [-0.05, 0) is 76.2 Å². The maximum Gasteiger partial charge on any atom is 0.257 e. The van der Waals surface area contributed by atoms with Crippen molar-refractivity contribution in [3.05, 3.63) is 72.3 Å². The molecule has 1 aliphatic heterocycles. The number of fused-ring (bicyclic) bond motifs is 2. The minimum atomic E-state index is -2.35. The molecular formula is C29H36OSi. The summed E-state index contributed by atoms with van der Waals surface area (Å²) in [5, 5.41) is 5.78. The molecule has 1 nitrogen and oxygen atoms in total. The van der Waals surface area contributed by atoms with Gasteiger partial charge in [-0.3, -0.25) is 0 Å². The lowest BCUT2D eigenvalue weighted by Gasteiger charge is -2.45. The fourth-order valence-electron chi connectivity index (χ4n) is 6.35. The third-order valence-corrected chi connectivity index (χ3v) is 12.4. The highest BCUT2D eigenvalue weighted by Crippen LogP contribution is 2.38. The molecule has 0 aromatic heterocycles. The van der Waals surface area contributed by atoms with Gasteiger partial charge in [0.2, 0.25) is 0 Å². The largest absolute Gasteiger partial charge is 0.405 e. The molecule has 2 aliphatic rings. The van der Waals surface area contributed by atoms with E-state index < -0.39 is 8.32 Å². The molecule has 3 aromatic rings. The van der Waals surface area contributed by atoms with Crippen LogP contribution in [0.2, 0.25) is 6.04 Å². The molecule has 3 unspecified atom stereocenters. The number of hydrogen-bond donors (Lipinski definition) is 0. The molecule has 1 aliphatic carbocycles. The third-order valence-electron chi connectivity index (χ3n) is 7.97. The first-order chi connectivity index (χ1) is 15.1. The second kappa shape index (κ2) is 8.56. The number of aryl methyl sites for hydroxylation is 1. The van der Waals surface area contributed by atoms with Crippen LogP contribution in [0.25, 0.3) is 10.8 Å². The zero-order valence-electron chi connectivity index (χ0n) is 19.3. The van der Waals surface area contributed by atoms with Crippen LogP contribution in [0.15, 0.2) is 66.7 Å². The Kier molecular flexibility index (Phi) is 5.79. The minimum absolute atomic E-state index is 0.376. The first-order valence-corrected chi connectivity index (χ1v) is 14.4. The van der Waals surface area contributed by atoms with Crippen molar-refractivity contribution >= 4 is 29.5 Å². The van der Waals surface area contributed by atoms with Crippen molar-refractivity contribution in [1.82, 2.24) is 0 Å². The zero-order valence-corrected chi connectivity index (χ0v) is 20.3. The second-order valence-corrected chi connectivity index (χ2v) is 13.8. The van der Waals surface area contributed by atoms with Gasteiger partial charge < -0.3 is 4.43 Å². The molecule has 1 heterocycles. The zero-order chi connectivity index (χ0) is 21.4. The van der Waals surface area contributed by atoms with Crippen LogP contribution in [-0.4, -0.2) is 14.4 Å². The Labute approximate surface area is 189 Å². The number of benzene rings is 3. The Balaban J connectivity index is 1.70. The number of hydrogen-bond acceptors (Lipinski definition) is 1. The predicted octanol–water partition coefficient (Wildman–Crippen LogP) is 6.32. The van der Waals surface area contributed by atoms with Gasteiger partial charge in [0, 0.05) is 6.10 Å². The molecule has 3 aromatic carbocycles. The molecule has 0 bridgehead atoms. The van der Waals surface area contributed by atoms with E-state index in [1.807, 2.05) is 0 Å². The van der Waals surface area contributed by atoms with E-state index in [4.69, 9.17) is 4.43 Å². The maximum atomic E-state index is 7.62. The maximum absolute atomic E-state index is 7.62. The van der Waals surface area contributed by atoms with Crippen LogP contribution in [0.1, 0.15) is 52.0 Å². The van der Waals surface area contributed by atoms with E-state index in [0.29, 0.717) is 17.9 Å². The summed E-state index contributed by atoms with van der Waals surface area (Å²) < 4.78 is 7.62. The normalized spacial score (nSPS) is 28.6. The van der Waals surface area contributed by atoms with Crippen molar-refractivity contribution in [2.24, 2.45) is 17.8 Å². The van der Waals surface area contributed by atoms with Crippen molar-refractivity contribution in [2.75, 3.05) is 0 Å². The summed E-state index contributed by atoms with van der Waals surface area (Å²) in [6.07, 6.45) is 6.67. The van der Waals surface area contributed by atoms with Crippen molar-refractivity contribution < 1.29 is 4.43 Å². The van der Waals surface area contributed by atoms with E-state index >= 15 is 0 Å². The monoisotopic (exact) mass is 428 g/mol. The lowest BCUT2D eigenvalue weighted by molar-refractivity contribution is 0.0416. The molecule has 31 heavy (non-hydrogen) atoms. The Morgan fingerprint density at radius 1 is 0.871 bits per heavy atom. The second-order valence-electron chi connectivity index (χ2n) is 10.3. The molecule has 0 saturated heterocycles. The summed E-state index contributed by atoms with van der Waals surface area (Å²) in [4.78, 5) is 0. The van der Waals surface area contributed by atoms with E-state index in [1.165, 1.54) is 59.7 Å². The van der Waals surface area contributed by atoms with Crippen molar-refractivity contribution in [3.8, 4) is 0 Å². The molecule has 0 spiro atoms. The first kappa shape index (κ1) is 21.0. The highest BCUT2D eigenvalue weighted by molar-refractivity contribution is 6.99. The quantitative estimate of drug-likeness (QED) is 0.442. The lowest BCUT2D eigenvalue weighted by Crippen LogP contribution is -2.65. The summed E-state index contributed by atoms with van der Waals surface area (Å²) in [5.41, 5.74) is 1.53. The summed E-state index contributed by atoms with van der Waals surface area (Å²) in [5.74, 6) is 2.11. The average molecular weight is 429 g/mol. The van der Waals surface area contributed by atoms with Crippen LogP contribution in [-0.2, 0) is 10.8 Å². The molecule has 0 radical (unpaired) electrons. The van der Waals surface area contributed by atoms with Gasteiger partial charge in [0.05, 0.1) is 0 Å². The summed E-state index contributed by atoms with van der Waals surface area (Å²) >= 11 is 0. The predicted molar refractivity (Wildman–Crippen MR) is 135 cm³/mol. The summed E-state index contributed by atoms with van der Waals surface area (Å²) in [6.45, 7) is 7.23. The molecule has 1 saturated carbocycles. The molecular weight excluding hydrogens is 392 g/mol.